The van der Waals surface area contributed by atoms with Gasteiger partial charge in [0.1, 0.15) is 5.69 Å². The van der Waals surface area contributed by atoms with Gasteiger partial charge < -0.3 is 0 Å². The first kappa shape index (κ1) is 16.3. The van der Waals surface area contributed by atoms with Crippen LogP contribution in [0, 0.1) is 33.6 Å². The largest absolute Gasteiger partial charge is 0.272 e. The number of pyridine rings is 1. The molecule has 0 spiro atoms. The monoisotopic (exact) mass is 328 g/mol. The summed E-state index contributed by atoms with van der Waals surface area (Å²) in [6, 6.07) is 5.14. The Morgan fingerprint density at radius 1 is 1.13 bits per heavy atom. The van der Waals surface area contributed by atoms with Crippen LogP contribution in [0.4, 0.5) is 28.9 Å². The van der Waals surface area contributed by atoms with Gasteiger partial charge in [0.05, 0.1) is 10.6 Å². The van der Waals surface area contributed by atoms with Gasteiger partial charge in [-0.2, -0.15) is 27.6 Å². The molecule has 0 amide bonds. The Labute approximate surface area is 126 Å². The van der Waals surface area contributed by atoms with E-state index in [1.165, 1.54) is 31.2 Å². The topological polar surface area (TPSA) is 80.4 Å². The average Bonchev–Trinajstić information content (AvgIpc) is 2.53. The van der Waals surface area contributed by atoms with E-state index in [1.54, 1.807) is 0 Å². The number of nitrogens with zero attached hydrogens (tertiary/aromatic N) is 3. The quantitative estimate of drug-likeness (QED) is 0.307. The van der Waals surface area contributed by atoms with Crippen molar-refractivity contribution >= 4 is 17.1 Å². The molecule has 0 aliphatic heterocycles. The fourth-order valence-corrected chi connectivity index (χ4v) is 1.61. The first-order valence-electron chi connectivity index (χ1n) is 6.06. The predicted molar refractivity (Wildman–Crippen MR) is 73.0 cm³/mol. The smallest absolute Gasteiger partial charge is 0.269 e. The number of nitrogens with one attached hydrogen (secondary N) is 1. The van der Waals surface area contributed by atoms with Crippen LogP contribution in [-0.2, 0) is 0 Å². The van der Waals surface area contributed by atoms with Gasteiger partial charge in [0.2, 0.25) is 11.6 Å². The molecule has 0 saturated heterocycles. The Bertz CT molecular complexity index is 767. The fourth-order valence-electron chi connectivity index (χ4n) is 1.61. The summed E-state index contributed by atoms with van der Waals surface area (Å²) in [7, 11) is 0. The molecular formula is C13H8F4N4O2. The van der Waals surface area contributed by atoms with Gasteiger partial charge in [-0.05, 0) is 24.6 Å². The molecule has 2 rings (SSSR count). The molecule has 10 heteroatoms. The molecule has 1 heterocycles. The van der Waals surface area contributed by atoms with Crippen LogP contribution in [0.2, 0.25) is 0 Å². The minimum atomic E-state index is -1.81. The second kappa shape index (κ2) is 6.38. The van der Waals surface area contributed by atoms with Crippen molar-refractivity contribution in [2.45, 2.75) is 6.92 Å². The van der Waals surface area contributed by atoms with Gasteiger partial charge in [-0.25, -0.2) is 0 Å². The zero-order valence-corrected chi connectivity index (χ0v) is 11.5. The molecule has 0 bridgehead atoms. The van der Waals surface area contributed by atoms with E-state index in [2.05, 4.69) is 10.1 Å². The number of non-ortho nitro benzene ring substituents is 1. The SMILES string of the molecule is C/C(=N\Nc1c(F)c(F)nc(F)c1F)c1ccc([N+](=O)[O-])cc1. The molecule has 0 fully saturated rings. The number of hydrogen-bond donors (Lipinski definition) is 1. The number of nitro benzene ring substituents is 1. The lowest BCUT2D eigenvalue weighted by Crippen LogP contribution is -2.07. The second-order valence-electron chi connectivity index (χ2n) is 4.31. The van der Waals surface area contributed by atoms with Gasteiger partial charge in [-0.1, -0.05) is 0 Å². The minimum Gasteiger partial charge on any atom is -0.272 e. The standard InChI is InChI=1S/C13H8F4N4O2/c1-6(7-2-4-8(5-3-7)21(22)23)19-20-11-9(14)12(16)18-13(17)10(11)15/h2-5H,1H3,(H,18,20)/b19-6+. The molecule has 1 aromatic carbocycles. The number of anilines is 1. The van der Waals surface area contributed by atoms with Crippen LogP contribution in [0.25, 0.3) is 0 Å². The molecule has 23 heavy (non-hydrogen) atoms. The van der Waals surface area contributed by atoms with Gasteiger partial charge in [-0.15, -0.1) is 0 Å². The van der Waals surface area contributed by atoms with Gasteiger partial charge in [0, 0.05) is 12.1 Å². The summed E-state index contributed by atoms with van der Waals surface area (Å²) < 4.78 is 52.7. The van der Waals surface area contributed by atoms with Gasteiger partial charge in [-0.3, -0.25) is 15.5 Å². The van der Waals surface area contributed by atoms with Crippen LogP contribution >= 0.6 is 0 Å². The minimum absolute atomic E-state index is 0.148. The third-order valence-corrected chi connectivity index (χ3v) is 2.83. The van der Waals surface area contributed by atoms with E-state index in [0.717, 1.165) is 0 Å². The highest BCUT2D eigenvalue weighted by Crippen LogP contribution is 2.22. The first-order chi connectivity index (χ1) is 10.8. The van der Waals surface area contributed by atoms with Crippen LogP contribution in [0.3, 0.4) is 0 Å². The highest BCUT2D eigenvalue weighted by Gasteiger charge is 2.20. The normalized spacial score (nSPS) is 11.4. The summed E-state index contributed by atoms with van der Waals surface area (Å²) in [5.41, 5.74) is 1.18. The Kier molecular flexibility index (Phi) is 4.53. The van der Waals surface area contributed by atoms with E-state index in [9.17, 15) is 27.7 Å². The zero-order valence-electron chi connectivity index (χ0n) is 11.5. The van der Waals surface area contributed by atoms with Crippen molar-refractivity contribution in [1.29, 1.82) is 0 Å². The Balaban J connectivity index is 2.28. The molecule has 0 radical (unpaired) electrons. The Morgan fingerprint density at radius 2 is 1.65 bits per heavy atom. The second-order valence-corrected chi connectivity index (χ2v) is 4.31. The Morgan fingerprint density at radius 3 is 2.13 bits per heavy atom. The van der Waals surface area contributed by atoms with Crippen LogP contribution < -0.4 is 5.43 Å². The number of aromatic nitrogens is 1. The predicted octanol–water partition coefficient (Wildman–Crippen LogP) is 3.38. The molecular weight excluding hydrogens is 320 g/mol. The van der Waals surface area contributed by atoms with Gasteiger partial charge in [0.15, 0.2) is 0 Å². The summed E-state index contributed by atoms with van der Waals surface area (Å²) in [4.78, 5) is 12.3. The van der Waals surface area contributed by atoms with E-state index in [-0.39, 0.29) is 11.4 Å². The third kappa shape index (κ3) is 3.42. The number of hydrogen-bond acceptors (Lipinski definition) is 5. The summed E-state index contributed by atoms with van der Waals surface area (Å²) in [6.07, 6.45) is 0. The molecule has 1 N–H and O–H groups in total. The maximum Gasteiger partial charge on any atom is 0.269 e. The van der Waals surface area contributed by atoms with E-state index >= 15 is 0 Å². The number of rotatable bonds is 4. The van der Waals surface area contributed by atoms with Crippen molar-refractivity contribution in [3.63, 3.8) is 0 Å². The van der Waals surface area contributed by atoms with Crippen LogP contribution in [0.15, 0.2) is 29.4 Å². The van der Waals surface area contributed by atoms with Crippen molar-refractivity contribution in [2.24, 2.45) is 5.10 Å². The molecule has 120 valence electrons. The first-order valence-corrected chi connectivity index (χ1v) is 6.06. The van der Waals surface area contributed by atoms with Crippen molar-refractivity contribution in [1.82, 2.24) is 4.98 Å². The summed E-state index contributed by atoms with van der Waals surface area (Å²) in [6.45, 7) is 1.43. The highest BCUT2D eigenvalue weighted by molar-refractivity contribution is 5.99. The molecule has 0 unspecified atom stereocenters. The van der Waals surface area contributed by atoms with Crippen LogP contribution in [0.1, 0.15) is 12.5 Å². The van der Waals surface area contributed by atoms with Crippen molar-refractivity contribution in [3.8, 4) is 0 Å². The third-order valence-electron chi connectivity index (χ3n) is 2.83. The van der Waals surface area contributed by atoms with E-state index in [1.807, 2.05) is 5.43 Å². The highest BCUT2D eigenvalue weighted by atomic mass is 19.2. The van der Waals surface area contributed by atoms with E-state index in [0.29, 0.717) is 5.56 Å². The molecule has 0 aliphatic carbocycles. The van der Waals surface area contributed by atoms with Crippen molar-refractivity contribution < 1.29 is 22.5 Å². The molecule has 0 saturated carbocycles. The van der Waals surface area contributed by atoms with Crippen molar-refractivity contribution in [2.75, 3.05) is 5.43 Å². The molecule has 0 atom stereocenters. The number of benzene rings is 1. The maximum atomic E-state index is 13.4. The molecule has 1 aromatic heterocycles. The van der Waals surface area contributed by atoms with Gasteiger partial charge >= 0.3 is 0 Å². The van der Waals surface area contributed by atoms with E-state index < -0.39 is 34.1 Å². The fraction of sp³-hybridized carbons (Fsp3) is 0.0769. The Hall–Kier alpha value is -3.04. The van der Waals surface area contributed by atoms with Crippen LogP contribution in [-0.4, -0.2) is 15.6 Å². The zero-order chi connectivity index (χ0) is 17.1. The average molecular weight is 328 g/mol. The summed E-state index contributed by atoms with van der Waals surface area (Å²) >= 11 is 0. The number of halogens is 4. The van der Waals surface area contributed by atoms with Gasteiger partial charge in [0.25, 0.3) is 17.6 Å². The number of nitro groups is 1. The molecule has 2 aromatic rings. The maximum absolute atomic E-state index is 13.4. The van der Waals surface area contributed by atoms with Crippen LogP contribution in [0.5, 0.6) is 0 Å². The lowest BCUT2D eigenvalue weighted by molar-refractivity contribution is -0.384. The lowest BCUT2D eigenvalue weighted by atomic mass is 10.1. The van der Waals surface area contributed by atoms with Crippen molar-refractivity contribution in [3.05, 3.63) is 63.5 Å². The van der Waals surface area contributed by atoms with E-state index in [4.69, 9.17) is 0 Å². The molecule has 6 nitrogen and oxygen atoms in total. The lowest BCUT2D eigenvalue weighted by Gasteiger charge is -2.06. The summed E-state index contributed by atoms with van der Waals surface area (Å²) in [5, 5.41) is 14.1. The molecule has 0 aliphatic rings. The summed E-state index contributed by atoms with van der Waals surface area (Å²) in [5.74, 6) is -7.06. The number of hydrazone groups is 1.